The lowest BCUT2D eigenvalue weighted by Gasteiger charge is -2.20. The standard InChI is InChI=1S/C26H45NO8/c1-2-3-4-5-9-12-23(28)15-16-24-22(14-17-25(24)29)11-8-6-7-10-13-26(30)34-20-18-33-19-21-35-27(31)32/h6,8,22,24-25,29H,2-5,7,9-21H2,1H3/b8-6-/t22-,24+,25+/m0/s1. The number of esters is 1. The first-order chi connectivity index (χ1) is 16.9. The van der Waals surface area contributed by atoms with Crippen molar-refractivity contribution in [2.24, 2.45) is 11.8 Å². The predicted octanol–water partition coefficient (Wildman–Crippen LogP) is 4.97. The molecule has 1 aliphatic rings. The van der Waals surface area contributed by atoms with Crippen LogP contribution in [0, 0.1) is 22.0 Å². The van der Waals surface area contributed by atoms with Crippen molar-refractivity contribution in [2.75, 3.05) is 26.4 Å². The number of Topliss-reactive ketones (excluding diaryl/α,β-unsaturated/α-hetero) is 1. The van der Waals surface area contributed by atoms with Gasteiger partial charge in [0, 0.05) is 19.3 Å². The summed E-state index contributed by atoms with van der Waals surface area (Å²) in [5.41, 5.74) is 0. The van der Waals surface area contributed by atoms with E-state index < -0.39 is 5.09 Å². The lowest BCUT2D eigenvalue weighted by molar-refractivity contribution is -0.758. The fourth-order valence-corrected chi connectivity index (χ4v) is 4.54. The molecule has 1 saturated carbocycles. The summed E-state index contributed by atoms with van der Waals surface area (Å²) in [6, 6.07) is 0. The summed E-state index contributed by atoms with van der Waals surface area (Å²) >= 11 is 0. The zero-order chi connectivity index (χ0) is 25.7. The second-order valence-corrected chi connectivity index (χ2v) is 9.30. The van der Waals surface area contributed by atoms with Crippen LogP contribution in [0.4, 0.5) is 0 Å². The largest absolute Gasteiger partial charge is 0.463 e. The van der Waals surface area contributed by atoms with Gasteiger partial charge in [-0.25, -0.2) is 0 Å². The molecule has 1 fully saturated rings. The fraction of sp³-hybridized carbons (Fsp3) is 0.846. The van der Waals surface area contributed by atoms with Gasteiger partial charge in [-0.1, -0.05) is 44.8 Å². The molecule has 202 valence electrons. The third kappa shape index (κ3) is 16.3. The smallest absolute Gasteiger partial charge is 0.305 e. The Morgan fingerprint density at radius 2 is 1.74 bits per heavy atom. The number of ether oxygens (including phenoxy) is 2. The third-order valence-corrected chi connectivity index (χ3v) is 6.52. The highest BCUT2D eigenvalue weighted by molar-refractivity contribution is 5.78. The third-order valence-electron chi connectivity index (χ3n) is 6.52. The van der Waals surface area contributed by atoms with Crippen LogP contribution in [-0.2, 0) is 23.9 Å². The second kappa shape index (κ2) is 20.2. The maximum absolute atomic E-state index is 12.2. The van der Waals surface area contributed by atoms with Gasteiger partial charge >= 0.3 is 5.97 Å². The lowest BCUT2D eigenvalue weighted by Crippen LogP contribution is -2.20. The van der Waals surface area contributed by atoms with Gasteiger partial charge in [-0.3, -0.25) is 9.59 Å². The number of carbonyl (C=O) groups is 2. The molecule has 0 unspecified atom stereocenters. The van der Waals surface area contributed by atoms with E-state index in [0.717, 1.165) is 44.9 Å². The van der Waals surface area contributed by atoms with Crippen molar-refractivity contribution in [3.05, 3.63) is 22.3 Å². The van der Waals surface area contributed by atoms with E-state index in [2.05, 4.69) is 23.9 Å². The van der Waals surface area contributed by atoms with E-state index in [-0.39, 0.29) is 44.4 Å². The number of aliphatic hydroxyl groups is 1. The molecular weight excluding hydrogens is 454 g/mol. The number of unbranched alkanes of at least 4 members (excludes halogenated alkanes) is 5. The number of nitrogens with zero attached hydrogens (tertiary/aromatic N) is 1. The van der Waals surface area contributed by atoms with Crippen LogP contribution in [0.3, 0.4) is 0 Å². The van der Waals surface area contributed by atoms with Crippen LogP contribution in [-0.4, -0.2) is 54.5 Å². The minimum Gasteiger partial charge on any atom is -0.463 e. The average Bonchev–Trinajstić information content (AvgIpc) is 3.18. The SMILES string of the molecule is CCCCCCCC(=O)CC[C@@H]1[C@@H](C/C=C\CCCC(=O)OCCOCCO[N+](=O)[O-])CC[C@H]1O. The maximum Gasteiger partial charge on any atom is 0.305 e. The quantitative estimate of drug-likeness (QED) is 0.0728. The van der Waals surface area contributed by atoms with Crippen molar-refractivity contribution < 1.29 is 34.1 Å². The van der Waals surface area contributed by atoms with E-state index in [4.69, 9.17) is 9.47 Å². The Balaban J connectivity index is 2.10. The molecule has 0 aromatic heterocycles. The van der Waals surface area contributed by atoms with Gasteiger partial charge in [-0.2, -0.15) is 0 Å². The Bertz CT molecular complexity index is 624. The van der Waals surface area contributed by atoms with Gasteiger partial charge in [0.15, 0.2) is 0 Å². The molecule has 0 aliphatic heterocycles. The number of allylic oxidation sites excluding steroid dienone is 2. The van der Waals surface area contributed by atoms with Crippen LogP contribution in [0.1, 0.15) is 96.8 Å². The number of carbonyl (C=O) groups excluding carboxylic acids is 2. The Morgan fingerprint density at radius 1 is 0.971 bits per heavy atom. The number of hydrogen-bond donors (Lipinski definition) is 1. The first-order valence-corrected chi connectivity index (χ1v) is 13.3. The fourth-order valence-electron chi connectivity index (χ4n) is 4.54. The lowest BCUT2D eigenvalue weighted by atomic mass is 9.86. The van der Waals surface area contributed by atoms with Crippen molar-refractivity contribution in [1.29, 1.82) is 0 Å². The molecule has 1 aliphatic carbocycles. The Labute approximate surface area is 209 Å². The molecule has 0 amide bonds. The Hall–Kier alpha value is -2.00. The highest BCUT2D eigenvalue weighted by Gasteiger charge is 2.33. The van der Waals surface area contributed by atoms with E-state index in [9.17, 15) is 24.8 Å². The predicted molar refractivity (Wildman–Crippen MR) is 132 cm³/mol. The van der Waals surface area contributed by atoms with Gasteiger partial charge in [-0.15, -0.1) is 10.1 Å². The normalized spacial score (nSPS) is 19.8. The molecule has 9 nitrogen and oxygen atoms in total. The van der Waals surface area contributed by atoms with Gasteiger partial charge in [0.05, 0.1) is 19.3 Å². The highest BCUT2D eigenvalue weighted by Crippen LogP contribution is 2.38. The molecule has 35 heavy (non-hydrogen) atoms. The Kier molecular flexibility index (Phi) is 17.9. The van der Waals surface area contributed by atoms with Crippen LogP contribution < -0.4 is 0 Å². The van der Waals surface area contributed by atoms with E-state index in [1.807, 2.05) is 0 Å². The number of aliphatic hydroxyl groups excluding tert-OH is 1. The van der Waals surface area contributed by atoms with Crippen molar-refractivity contribution in [2.45, 2.75) is 103 Å². The molecule has 0 radical (unpaired) electrons. The van der Waals surface area contributed by atoms with Crippen molar-refractivity contribution in [3.63, 3.8) is 0 Å². The first-order valence-electron chi connectivity index (χ1n) is 13.3. The highest BCUT2D eigenvalue weighted by atomic mass is 17.0. The summed E-state index contributed by atoms with van der Waals surface area (Å²) in [7, 11) is 0. The molecule has 0 bridgehead atoms. The van der Waals surface area contributed by atoms with Crippen LogP contribution in [0.15, 0.2) is 12.2 Å². The summed E-state index contributed by atoms with van der Waals surface area (Å²) in [4.78, 5) is 38.0. The molecule has 9 heteroatoms. The van der Waals surface area contributed by atoms with E-state index in [0.29, 0.717) is 37.4 Å². The van der Waals surface area contributed by atoms with Crippen molar-refractivity contribution in [3.8, 4) is 0 Å². The first kappa shape index (κ1) is 31.0. The van der Waals surface area contributed by atoms with Crippen LogP contribution in [0.2, 0.25) is 0 Å². The van der Waals surface area contributed by atoms with Crippen molar-refractivity contribution >= 4 is 11.8 Å². The van der Waals surface area contributed by atoms with Gasteiger partial charge in [0.25, 0.3) is 5.09 Å². The van der Waals surface area contributed by atoms with Gasteiger partial charge in [0.1, 0.15) is 19.0 Å². The summed E-state index contributed by atoms with van der Waals surface area (Å²) < 4.78 is 10.1. The topological polar surface area (TPSA) is 125 Å². The number of ketones is 1. The summed E-state index contributed by atoms with van der Waals surface area (Å²) in [6.07, 6.45) is 16.2. The van der Waals surface area contributed by atoms with Crippen LogP contribution in [0.5, 0.6) is 0 Å². The van der Waals surface area contributed by atoms with E-state index >= 15 is 0 Å². The molecule has 1 rings (SSSR count). The minimum absolute atomic E-state index is 0.0671. The monoisotopic (exact) mass is 499 g/mol. The van der Waals surface area contributed by atoms with Gasteiger partial charge in [0.2, 0.25) is 0 Å². The average molecular weight is 500 g/mol. The molecule has 0 heterocycles. The van der Waals surface area contributed by atoms with Crippen molar-refractivity contribution in [1.82, 2.24) is 0 Å². The summed E-state index contributed by atoms with van der Waals surface area (Å²) in [5, 5.41) is 19.5. The van der Waals surface area contributed by atoms with Gasteiger partial charge < -0.3 is 19.4 Å². The molecular formula is C26H45NO8. The molecule has 0 aromatic rings. The number of rotatable bonds is 22. The van der Waals surface area contributed by atoms with E-state index in [1.54, 1.807) is 0 Å². The zero-order valence-corrected chi connectivity index (χ0v) is 21.4. The molecule has 0 spiro atoms. The number of hydrogen-bond acceptors (Lipinski definition) is 8. The maximum atomic E-state index is 12.2. The molecule has 3 atom stereocenters. The minimum atomic E-state index is -0.881. The summed E-state index contributed by atoms with van der Waals surface area (Å²) in [5.74, 6) is 0.654. The van der Waals surface area contributed by atoms with Gasteiger partial charge in [-0.05, 0) is 56.8 Å². The molecule has 1 N–H and O–H groups in total. The summed E-state index contributed by atoms with van der Waals surface area (Å²) in [6.45, 7) is 2.39. The zero-order valence-electron chi connectivity index (χ0n) is 21.4. The van der Waals surface area contributed by atoms with Crippen LogP contribution in [0.25, 0.3) is 0 Å². The molecule has 0 aromatic carbocycles. The molecule has 0 saturated heterocycles. The Morgan fingerprint density at radius 3 is 2.51 bits per heavy atom. The van der Waals surface area contributed by atoms with E-state index in [1.165, 1.54) is 19.3 Å². The van der Waals surface area contributed by atoms with Crippen LogP contribution >= 0.6 is 0 Å². The second-order valence-electron chi connectivity index (χ2n) is 9.30.